The number of benzene rings is 1. The summed E-state index contributed by atoms with van der Waals surface area (Å²) in [5.41, 5.74) is 3.41. The molecule has 0 spiro atoms. The molecule has 0 aliphatic rings. The molecule has 1 N–H and O–H groups in total. The van der Waals surface area contributed by atoms with Crippen LogP contribution in [0.25, 0.3) is 10.9 Å². The van der Waals surface area contributed by atoms with Crippen LogP contribution in [0.3, 0.4) is 0 Å². The minimum Gasteiger partial charge on any atom is -0.381 e. The summed E-state index contributed by atoms with van der Waals surface area (Å²) < 4.78 is 0. The van der Waals surface area contributed by atoms with Crippen LogP contribution in [0.15, 0.2) is 54.9 Å². The Morgan fingerprint density at radius 3 is 2.85 bits per heavy atom. The number of nitriles is 1. The Bertz CT molecular complexity index is 784. The van der Waals surface area contributed by atoms with E-state index in [2.05, 4.69) is 21.4 Å². The van der Waals surface area contributed by atoms with Crippen molar-refractivity contribution in [2.45, 2.75) is 6.54 Å². The molecule has 3 rings (SSSR count). The van der Waals surface area contributed by atoms with Gasteiger partial charge in [-0.25, -0.2) is 4.98 Å². The standard InChI is InChI=1S/C16H12N4/c17-10-15-9-14(6-8-18-15)20-11-13-4-1-3-12-5-2-7-19-16(12)13/h1-9H,11H2,(H,18,20). The van der Waals surface area contributed by atoms with Gasteiger partial charge in [0.15, 0.2) is 0 Å². The summed E-state index contributed by atoms with van der Waals surface area (Å²) in [5.74, 6) is 0. The Hall–Kier alpha value is -2.93. The summed E-state index contributed by atoms with van der Waals surface area (Å²) in [6.07, 6.45) is 3.42. The summed E-state index contributed by atoms with van der Waals surface area (Å²) in [4.78, 5) is 8.37. The van der Waals surface area contributed by atoms with E-state index in [1.54, 1.807) is 18.5 Å². The quantitative estimate of drug-likeness (QED) is 0.786. The van der Waals surface area contributed by atoms with Gasteiger partial charge in [0.1, 0.15) is 11.8 Å². The largest absolute Gasteiger partial charge is 0.381 e. The molecule has 0 unspecified atom stereocenters. The van der Waals surface area contributed by atoms with E-state index in [1.807, 2.05) is 36.4 Å². The van der Waals surface area contributed by atoms with E-state index in [0.29, 0.717) is 12.2 Å². The van der Waals surface area contributed by atoms with E-state index in [4.69, 9.17) is 5.26 Å². The highest BCUT2D eigenvalue weighted by atomic mass is 14.9. The van der Waals surface area contributed by atoms with E-state index in [-0.39, 0.29) is 0 Å². The maximum Gasteiger partial charge on any atom is 0.142 e. The van der Waals surface area contributed by atoms with Crippen molar-refractivity contribution in [3.05, 3.63) is 66.1 Å². The van der Waals surface area contributed by atoms with Crippen molar-refractivity contribution in [1.29, 1.82) is 5.26 Å². The lowest BCUT2D eigenvalue weighted by Gasteiger charge is -2.08. The fourth-order valence-electron chi connectivity index (χ4n) is 2.11. The van der Waals surface area contributed by atoms with Crippen molar-refractivity contribution in [1.82, 2.24) is 9.97 Å². The topological polar surface area (TPSA) is 61.6 Å². The lowest BCUT2D eigenvalue weighted by atomic mass is 10.1. The molecule has 2 heterocycles. The molecule has 2 aromatic heterocycles. The number of hydrogen-bond donors (Lipinski definition) is 1. The van der Waals surface area contributed by atoms with Gasteiger partial charge in [-0.05, 0) is 23.8 Å². The molecule has 0 saturated heterocycles. The maximum absolute atomic E-state index is 8.84. The molecule has 4 nitrogen and oxygen atoms in total. The molecule has 0 radical (unpaired) electrons. The highest BCUT2D eigenvalue weighted by Gasteiger charge is 2.02. The highest BCUT2D eigenvalue weighted by molar-refractivity contribution is 5.81. The van der Waals surface area contributed by atoms with Crippen LogP contribution >= 0.6 is 0 Å². The monoisotopic (exact) mass is 260 g/mol. The molecule has 96 valence electrons. The van der Waals surface area contributed by atoms with Gasteiger partial charge >= 0.3 is 0 Å². The molecule has 0 aliphatic heterocycles. The van der Waals surface area contributed by atoms with E-state index in [1.165, 1.54) is 0 Å². The first kappa shape index (κ1) is 12.1. The average Bonchev–Trinajstić information content (AvgIpc) is 2.53. The zero-order chi connectivity index (χ0) is 13.8. The third-order valence-electron chi connectivity index (χ3n) is 3.07. The number of rotatable bonds is 3. The number of pyridine rings is 2. The first-order chi connectivity index (χ1) is 9.86. The smallest absolute Gasteiger partial charge is 0.142 e. The van der Waals surface area contributed by atoms with Gasteiger partial charge < -0.3 is 5.32 Å². The SMILES string of the molecule is N#Cc1cc(NCc2cccc3cccnc23)ccn1. The number of nitrogens with one attached hydrogen (secondary N) is 1. The fraction of sp³-hybridized carbons (Fsp3) is 0.0625. The maximum atomic E-state index is 8.84. The molecule has 0 aliphatic carbocycles. The fourth-order valence-corrected chi connectivity index (χ4v) is 2.11. The summed E-state index contributed by atoms with van der Waals surface area (Å²) in [5, 5.41) is 13.3. The van der Waals surface area contributed by atoms with Gasteiger partial charge in [0.25, 0.3) is 0 Å². The summed E-state index contributed by atoms with van der Waals surface area (Å²) in [7, 11) is 0. The minimum absolute atomic E-state index is 0.408. The van der Waals surface area contributed by atoms with Crippen LogP contribution in [0.4, 0.5) is 5.69 Å². The molecule has 0 atom stereocenters. The van der Waals surface area contributed by atoms with E-state index < -0.39 is 0 Å². The number of nitrogens with zero attached hydrogens (tertiary/aromatic N) is 3. The van der Waals surface area contributed by atoms with Crippen molar-refractivity contribution >= 4 is 16.6 Å². The molecule has 1 aromatic carbocycles. The Kier molecular flexibility index (Phi) is 3.25. The van der Waals surface area contributed by atoms with E-state index in [0.717, 1.165) is 22.2 Å². The molecule has 3 aromatic rings. The zero-order valence-corrected chi connectivity index (χ0v) is 10.7. The second-order valence-electron chi connectivity index (χ2n) is 4.39. The number of anilines is 1. The summed E-state index contributed by atoms with van der Waals surface area (Å²) in [6.45, 7) is 0.656. The molecule has 0 fully saturated rings. The molecular formula is C16H12N4. The van der Waals surface area contributed by atoms with Crippen molar-refractivity contribution in [3.63, 3.8) is 0 Å². The minimum atomic E-state index is 0.408. The first-order valence-electron chi connectivity index (χ1n) is 6.29. The van der Waals surface area contributed by atoms with Gasteiger partial charge in [-0.15, -0.1) is 0 Å². The van der Waals surface area contributed by atoms with Gasteiger partial charge in [0.2, 0.25) is 0 Å². The second kappa shape index (κ2) is 5.37. The lowest BCUT2D eigenvalue weighted by molar-refractivity contribution is 1.14. The summed E-state index contributed by atoms with van der Waals surface area (Å²) in [6, 6.07) is 15.7. The van der Waals surface area contributed by atoms with Crippen LogP contribution < -0.4 is 5.32 Å². The number of aromatic nitrogens is 2. The summed E-state index contributed by atoms with van der Waals surface area (Å²) >= 11 is 0. The molecule has 0 bridgehead atoms. The van der Waals surface area contributed by atoms with Crippen molar-refractivity contribution in [2.75, 3.05) is 5.32 Å². The van der Waals surface area contributed by atoms with Gasteiger partial charge in [-0.2, -0.15) is 5.26 Å². The van der Waals surface area contributed by atoms with E-state index >= 15 is 0 Å². The molecular weight excluding hydrogens is 248 g/mol. The Morgan fingerprint density at radius 2 is 1.95 bits per heavy atom. The van der Waals surface area contributed by atoms with Crippen LogP contribution in [0.1, 0.15) is 11.3 Å². The van der Waals surface area contributed by atoms with Gasteiger partial charge in [0.05, 0.1) is 5.52 Å². The number of hydrogen-bond acceptors (Lipinski definition) is 4. The van der Waals surface area contributed by atoms with Crippen molar-refractivity contribution in [3.8, 4) is 6.07 Å². The van der Waals surface area contributed by atoms with Gasteiger partial charge in [-0.3, -0.25) is 4.98 Å². The third kappa shape index (κ3) is 2.43. The van der Waals surface area contributed by atoms with Crippen LogP contribution in [0, 0.1) is 11.3 Å². The van der Waals surface area contributed by atoms with Gasteiger partial charge in [-0.1, -0.05) is 24.3 Å². The zero-order valence-electron chi connectivity index (χ0n) is 10.7. The first-order valence-corrected chi connectivity index (χ1v) is 6.29. The molecule has 0 saturated carbocycles. The van der Waals surface area contributed by atoms with Crippen LogP contribution in [0.5, 0.6) is 0 Å². The normalized spacial score (nSPS) is 10.2. The second-order valence-corrected chi connectivity index (χ2v) is 4.39. The average molecular weight is 260 g/mol. The van der Waals surface area contributed by atoms with Crippen LogP contribution in [-0.2, 0) is 6.54 Å². The third-order valence-corrected chi connectivity index (χ3v) is 3.07. The number of para-hydroxylation sites is 1. The predicted octanol–water partition coefficient (Wildman–Crippen LogP) is 3.11. The van der Waals surface area contributed by atoms with Crippen molar-refractivity contribution in [2.24, 2.45) is 0 Å². The Labute approximate surface area is 116 Å². The van der Waals surface area contributed by atoms with Crippen LogP contribution in [-0.4, -0.2) is 9.97 Å². The Morgan fingerprint density at radius 1 is 1.05 bits per heavy atom. The molecule has 0 amide bonds. The molecule has 4 heteroatoms. The highest BCUT2D eigenvalue weighted by Crippen LogP contribution is 2.17. The van der Waals surface area contributed by atoms with Crippen LogP contribution in [0.2, 0.25) is 0 Å². The lowest BCUT2D eigenvalue weighted by Crippen LogP contribution is -2.01. The van der Waals surface area contributed by atoms with Gasteiger partial charge in [0, 0.05) is 30.0 Å². The number of fused-ring (bicyclic) bond motifs is 1. The van der Waals surface area contributed by atoms with Crippen molar-refractivity contribution < 1.29 is 0 Å². The van der Waals surface area contributed by atoms with E-state index in [9.17, 15) is 0 Å². The Balaban J connectivity index is 1.85. The molecule has 20 heavy (non-hydrogen) atoms. The predicted molar refractivity (Wildman–Crippen MR) is 78.0 cm³/mol.